The number of carbonyl (C=O) groups excluding carboxylic acids is 1. The van der Waals surface area contributed by atoms with Gasteiger partial charge in [-0.3, -0.25) is 4.79 Å². The topological polar surface area (TPSA) is 143 Å². The molecule has 0 saturated carbocycles. The molecule has 2 atom stereocenters. The minimum Gasteiger partial charge on any atom is -0.481 e. The lowest BCUT2D eigenvalue weighted by atomic mass is 10.0. The fourth-order valence-corrected chi connectivity index (χ4v) is 1.44. The van der Waals surface area contributed by atoms with Gasteiger partial charge in [-0.05, 0) is 6.07 Å². The highest BCUT2D eigenvalue weighted by molar-refractivity contribution is 5.94. The van der Waals surface area contributed by atoms with Crippen molar-refractivity contribution in [2.45, 2.75) is 18.6 Å². The second-order valence-corrected chi connectivity index (χ2v) is 3.80. The number of nitrogen functional groups attached to an aromatic ring is 1. The number of aliphatic carboxylic acids is 1. The number of anilines is 1. The third-order valence-electron chi connectivity index (χ3n) is 2.43. The minimum absolute atomic E-state index is 0.0680. The molecule has 2 unspecified atom stereocenters. The number of aliphatic hydroxyl groups is 2. The summed E-state index contributed by atoms with van der Waals surface area (Å²) >= 11 is 0. The first-order valence-corrected chi connectivity index (χ1v) is 5.28. The molecule has 0 radical (unpaired) electrons. The Morgan fingerprint density at radius 1 is 1.47 bits per heavy atom. The molecular formula is C11H14N2O6. The van der Waals surface area contributed by atoms with Crippen LogP contribution in [0.2, 0.25) is 0 Å². The van der Waals surface area contributed by atoms with Gasteiger partial charge in [0.1, 0.15) is 17.5 Å². The number of nitrogens with two attached hydrogens (primary N) is 1. The van der Waals surface area contributed by atoms with E-state index in [1.807, 2.05) is 0 Å². The molecule has 8 heteroatoms. The molecule has 0 saturated heterocycles. The predicted molar refractivity (Wildman–Crippen MR) is 63.2 cm³/mol. The molecule has 1 rings (SSSR count). The molecule has 1 heterocycles. The number of esters is 1. The van der Waals surface area contributed by atoms with E-state index in [-0.39, 0.29) is 16.9 Å². The summed E-state index contributed by atoms with van der Waals surface area (Å²) in [5, 5.41) is 27.8. The van der Waals surface area contributed by atoms with E-state index in [2.05, 4.69) is 9.72 Å². The van der Waals surface area contributed by atoms with Crippen molar-refractivity contribution >= 4 is 17.8 Å². The molecule has 8 nitrogen and oxygen atoms in total. The molecule has 104 valence electrons. The normalized spacial score (nSPS) is 13.6. The average Bonchev–Trinajstić information content (AvgIpc) is 2.36. The lowest BCUT2D eigenvalue weighted by molar-refractivity contribution is -0.141. The van der Waals surface area contributed by atoms with Crippen molar-refractivity contribution in [2.75, 3.05) is 12.8 Å². The van der Waals surface area contributed by atoms with Gasteiger partial charge < -0.3 is 25.8 Å². The number of carbonyl (C=O) groups is 2. The summed E-state index contributed by atoms with van der Waals surface area (Å²) in [7, 11) is 1.16. The molecule has 0 spiro atoms. The number of ether oxygens (including phenoxy) is 1. The molecule has 1 aromatic rings. The SMILES string of the molecule is COC(=O)c1cc(C(O)C(O)CC(=O)O)cnc1N. The number of carboxylic acids is 1. The first kappa shape index (κ1) is 14.9. The van der Waals surface area contributed by atoms with Crippen LogP contribution in [-0.2, 0) is 9.53 Å². The molecule has 0 fully saturated rings. The maximum absolute atomic E-state index is 11.4. The summed E-state index contributed by atoms with van der Waals surface area (Å²) in [6.07, 6.45) is -2.50. The molecule has 0 aliphatic rings. The van der Waals surface area contributed by atoms with Crippen molar-refractivity contribution < 1.29 is 29.6 Å². The second-order valence-electron chi connectivity index (χ2n) is 3.80. The molecule has 0 bridgehead atoms. The summed E-state index contributed by atoms with van der Waals surface area (Å²) in [4.78, 5) is 25.5. The number of carboxylic acid groups (broad SMARTS) is 1. The van der Waals surface area contributed by atoms with Gasteiger partial charge in [0.2, 0.25) is 0 Å². The van der Waals surface area contributed by atoms with Crippen LogP contribution in [0.1, 0.15) is 28.4 Å². The Bertz CT molecular complexity index is 490. The largest absolute Gasteiger partial charge is 0.481 e. The number of hydrogen-bond donors (Lipinski definition) is 4. The average molecular weight is 270 g/mol. The van der Waals surface area contributed by atoms with Crippen LogP contribution in [0.3, 0.4) is 0 Å². The van der Waals surface area contributed by atoms with Crippen molar-refractivity contribution in [1.29, 1.82) is 0 Å². The Labute approximate surface area is 108 Å². The Kier molecular flexibility index (Phi) is 4.79. The van der Waals surface area contributed by atoms with E-state index >= 15 is 0 Å². The van der Waals surface area contributed by atoms with E-state index in [0.29, 0.717) is 0 Å². The number of pyridine rings is 1. The quantitative estimate of drug-likeness (QED) is 0.515. The summed E-state index contributed by atoms with van der Waals surface area (Å²) in [5.74, 6) is -2.09. The van der Waals surface area contributed by atoms with Gasteiger partial charge in [-0.1, -0.05) is 0 Å². The third kappa shape index (κ3) is 3.63. The van der Waals surface area contributed by atoms with Crippen LogP contribution in [0, 0.1) is 0 Å². The Hall–Kier alpha value is -2.19. The summed E-state index contributed by atoms with van der Waals surface area (Å²) < 4.78 is 4.48. The van der Waals surface area contributed by atoms with Gasteiger partial charge in [0.15, 0.2) is 0 Å². The Morgan fingerprint density at radius 3 is 2.63 bits per heavy atom. The number of methoxy groups -OCH3 is 1. The fraction of sp³-hybridized carbons (Fsp3) is 0.364. The van der Waals surface area contributed by atoms with Gasteiger partial charge >= 0.3 is 11.9 Å². The second kappa shape index (κ2) is 6.12. The van der Waals surface area contributed by atoms with Crippen molar-refractivity contribution in [3.8, 4) is 0 Å². The maximum Gasteiger partial charge on any atom is 0.341 e. The summed E-state index contributed by atoms with van der Waals surface area (Å²) in [5.41, 5.74) is 5.48. The van der Waals surface area contributed by atoms with E-state index in [4.69, 9.17) is 10.8 Å². The third-order valence-corrected chi connectivity index (χ3v) is 2.43. The van der Waals surface area contributed by atoms with E-state index in [1.165, 1.54) is 6.07 Å². The van der Waals surface area contributed by atoms with Gasteiger partial charge in [-0.25, -0.2) is 9.78 Å². The van der Waals surface area contributed by atoms with Crippen molar-refractivity contribution in [2.24, 2.45) is 0 Å². The van der Waals surface area contributed by atoms with Crippen LogP contribution in [0.25, 0.3) is 0 Å². The summed E-state index contributed by atoms with van der Waals surface area (Å²) in [6.45, 7) is 0. The van der Waals surface area contributed by atoms with Crippen LogP contribution in [0.5, 0.6) is 0 Å². The molecule has 0 amide bonds. The monoisotopic (exact) mass is 270 g/mol. The number of hydrogen-bond acceptors (Lipinski definition) is 7. The van der Waals surface area contributed by atoms with Crippen LogP contribution in [-0.4, -0.2) is 45.5 Å². The van der Waals surface area contributed by atoms with Gasteiger partial charge in [0.05, 0.1) is 19.6 Å². The number of nitrogens with zero attached hydrogens (tertiary/aromatic N) is 1. The van der Waals surface area contributed by atoms with Crippen LogP contribution in [0.15, 0.2) is 12.3 Å². The zero-order valence-corrected chi connectivity index (χ0v) is 10.1. The minimum atomic E-state index is -1.52. The standard InChI is InChI=1S/C11H14N2O6/c1-19-11(18)6-2-5(4-13-10(6)12)9(17)7(14)3-8(15)16/h2,4,7,9,14,17H,3H2,1H3,(H2,12,13)(H,15,16). The molecule has 5 N–H and O–H groups in total. The highest BCUT2D eigenvalue weighted by Gasteiger charge is 2.23. The number of aliphatic hydroxyl groups excluding tert-OH is 2. The van der Waals surface area contributed by atoms with Crippen LogP contribution in [0.4, 0.5) is 5.82 Å². The van der Waals surface area contributed by atoms with Gasteiger partial charge in [-0.2, -0.15) is 0 Å². The predicted octanol–water partition coefficient (Wildman–Crippen LogP) is -0.681. The Balaban J connectivity index is 3.01. The smallest absolute Gasteiger partial charge is 0.341 e. The van der Waals surface area contributed by atoms with Crippen molar-refractivity contribution in [1.82, 2.24) is 4.98 Å². The first-order valence-electron chi connectivity index (χ1n) is 5.28. The number of aromatic nitrogens is 1. The van der Waals surface area contributed by atoms with Gasteiger partial charge in [0, 0.05) is 11.8 Å². The molecule has 0 aromatic carbocycles. The Morgan fingerprint density at radius 2 is 2.11 bits per heavy atom. The lowest BCUT2D eigenvalue weighted by Gasteiger charge is -2.17. The fourth-order valence-electron chi connectivity index (χ4n) is 1.44. The van der Waals surface area contributed by atoms with E-state index < -0.39 is 30.6 Å². The van der Waals surface area contributed by atoms with Gasteiger partial charge in [-0.15, -0.1) is 0 Å². The van der Waals surface area contributed by atoms with Crippen molar-refractivity contribution in [3.63, 3.8) is 0 Å². The van der Waals surface area contributed by atoms with Crippen molar-refractivity contribution in [3.05, 3.63) is 23.4 Å². The number of rotatable bonds is 5. The maximum atomic E-state index is 11.4. The lowest BCUT2D eigenvalue weighted by Crippen LogP contribution is -2.22. The summed E-state index contributed by atoms with van der Waals surface area (Å²) in [6, 6.07) is 1.20. The van der Waals surface area contributed by atoms with Gasteiger partial charge in [0.25, 0.3) is 0 Å². The highest BCUT2D eigenvalue weighted by Crippen LogP contribution is 2.22. The van der Waals surface area contributed by atoms with E-state index in [0.717, 1.165) is 13.3 Å². The molecule has 1 aromatic heterocycles. The van der Waals surface area contributed by atoms with E-state index in [1.54, 1.807) is 0 Å². The van der Waals surface area contributed by atoms with Crippen LogP contribution >= 0.6 is 0 Å². The molecule has 0 aliphatic heterocycles. The zero-order valence-electron chi connectivity index (χ0n) is 10.1. The van der Waals surface area contributed by atoms with Crippen LogP contribution < -0.4 is 5.73 Å². The first-order chi connectivity index (χ1) is 8.86. The van der Waals surface area contributed by atoms with E-state index in [9.17, 15) is 19.8 Å². The molecule has 19 heavy (non-hydrogen) atoms. The zero-order chi connectivity index (χ0) is 14.6. The molecular weight excluding hydrogens is 256 g/mol. The molecule has 0 aliphatic carbocycles. The highest BCUT2D eigenvalue weighted by atomic mass is 16.5.